The Morgan fingerprint density at radius 3 is 2.64 bits per heavy atom. The van der Waals surface area contributed by atoms with Gasteiger partial charge in [-0.2, -0.15) is 0 Å². The Labute approximate surface area is 75.4 Å². The summed E-state index contributed by atoms with van der Waals surface area (Å²) < 4.78 is 4.96. The number of halogens is 1. The fourth-order valence-corrected chi connectivity index (χ4v) is 1.27. The Hall–Kier alpha value is -0.0500. The first-order chi connectivity index (χ1) is 5.08. The van der Waals surface area contributed by atoms with Crippen LogP contribution in [0.25, 0.3) is 0 Å². The lowest BCUT2D eigenvalue weighted by Gasteiger charge is -2.03. The first kappa shape index (κ1) is 9.04. The molecule has 0 radical (unpaired) electrons. The molecule has 0 aromatic rings. The molecule has 1 aliphatic rings. The molecule has 1 atom stereocenters. The first-order valence-corrected chi connectivity index (χ1v) is 4.92. The van der Waals surface area contributed by atoms with Crippen molar-refractivity contribution in [3.8, 4) is 0 Å². The van der Waals surface area contributed by atoms with Gasteiger partial charge in [-0.15, -0.1) is 0 Å². The van der Waals surface area contributed by atoms with Gasteiger partial charge >= 0.3 is 5.97 Å². The first-order valence-electron chi connectivity index (χ1n) is 3.80. The summed E-state index contributed by atoms with van der Waals surface area (Å²) in [5.74, 6) is 0.121. The normalized spacial score (nSPS) is 26.3. The Morgan fingerprint density at radius 1 is 1.73 bits per heavy atom. The third-order valence-electron chi connectivity index (χ3n) is 2.12. The Kier molecular flexibility index (Phi) is 2.58. The van der Waals surface area contributed by atoms with E-state index in [9.17, 15) is 4.79 Å². The van der Waals surface area contributed by atoms with Crippen LogP contribution in [0.5, 0.6) is 0 Å². The Balaban J connectivity index is 2.23. The van der Waals surface area contributed by atoms with Crippen LogP contribution in [0.15, 0.2) is 0 Å². The van der Waals surface area contributed by atoms with Crippen molar-refractivity contribution in [2.45, 2.75) is 20.3 Å². The van der Waals surface area contributed by atoms with Crippen molar-refractivity contribution in [3.05, 3.63) is 0 Å². The fraction of sp³-hybridized carbons (Fsp3) is 0.875. The second-order valence-electron chi connectivity index (χ2n) is 3.60. The standard InChI is InChI=1S/C8H13BrO2/c1-8(2)5-6(8)7(10)11-4-3-9/h6H,3-5H2,1-2H3. The van der Waals surface area contributed by atoms with Crippen molar-refractivity contribution in [1.82, 2.24) is 0 Å². The summed E-state index contributed by atoms with van der Waals surface area (Å²) in [6, 6.07) is 0. The number of carbonyl (C=O) groups is 1. The molecule has 2 nitrogen and oxygen atoms in total. The van der Waals surface area contributed by atoms with Gasteiger partial charge in [0.2, 0.25) is 0 Å². The molecule has 1 unspecified atom stereocenters. The highest BCUT2D eigenvalue weighted by molar-refractivity contribution is 9.09. The van der Waals surface area contributed by atoms with E-state index in [1.807, 2.05) is 0 Å². The molecule has 0 N–H and O–H groups in total. The lowest BCUT2D eigenvalue weighted by atomic mass is 10.1. The zero-order valence-corrected chi connectivity index (χ0v) is 8.48. The summed E-state index contributed by atoms with van der Waals surface area (Å²) in [4.78, 5) is 11.1. The van der Waals surface area contributed by atoms with E-state index in [4.69, 9.17) is 4.74 Å². The topological polar surface area (TPSA) is 26.3 Å². The van der Waals surface area contributed by atoms with Crippen molar-refractivity contribution in [2.24, 2.45) is 11.3 Å². The van der Waals surface area contributed by atoms with E-state index in [-0.39, 0.29) is 17.3 Å². The quantitative estimate of drug-likeness (QED) is 0.538. The highest BCUT2D eigenvalue weighted by atomic mass is 79.9. The smallest absolute Gasteiger partial charge is 0.309 e. The van der Waals surface area contributed by atoms with Crippen LogP contribution in [0.4, 0.5) is 0 Å². The van der Waals surface area contributed by atoms with Crippen LogP contribution in [-0.2, 0) is 9.53 Å². The number of carbonyl (C=O) groups excluding carboxylic acids is 1. The molecule has 3 heteroatoms. The van der Waals surface area contributed by atoms with Crippen molar-refractivity contribution in [3.63, 3.8) is 0 Å². The monoisotopic (exact) mass is 220 g/mol. The fourth-order valence-electron chi connectivity index (χ4n) is 1.11. The predicted octanol–water partition coefficient (Wildman–Crippen LogP) is 1.97. The van der Waals surface area contributed by atoms with Gasteiger partial charge in [0.05, 0.1) is 5.92 Å². The van der Waals surface area contributed by atoms with Gasteiger partial charge < -0.3 is 4.74 Å². The molecule has 0 aromatic heterocycles. The van der Waals surface area contributed by atoms with Crippen LogP contribution < -0.4 is 0 Å². The summed E-state index contributed by atoms with van der Waals surface area (Å²) in [5.41, 5.74) is 0.198. The van der Waals surface area contributed by atoms with Gasteiger partial charge in [-0.05, 0) is 11.8 Å². The Morgan fingerprint density at radius 2 is 2.27 bits per heavy atom. The summed E-state index contributed by atoms with van der Waals surface area (Å²) >= 11 is 3.20. The minimum Gasteiger partial charge on any atom is -0.465 e. The van der Waals surface area contributed by atoms with E-state index in [1.54, 1.807) is 0 Å². The van der Waals surface area contributed by atoms with Crippen molar-refractivity contribution < 1.29 is 9.53 Å². The lowest BCUT2D eigenvalue weighted by molar-refractivity contribution is -0.145. The minimum absolute atomic E-state index is 0.0329. The highest BCUT2D eigenvalue weighted by Gasteiger charge is 2.51. The summed E-state index contributed by atoms with van der Waals surface area (Å²) in [5, 5.41) is 0.728. The van der Waals surface area contributed by atoms with Crippen molar-refractivity contribution in [1.29, 1.82) is 0 Å². The molecule has 1 aliphatic carbocycles. The molecule has 0 bridgehead atoms. The maximum Gasteiger partial charge on any atom is 0.309 e. The number of hydrogen-bond donors (Lipinski definition) is 0. The van der Waals surface area contributed by atoms with Crippen LogP contribution in [0.2, 0.25) is 0 Å². The minimum atomic E-state index is -0.0329. The molecule has 0 spiro atoms. The molecule has 64 valence electrons. The molecule has 0 aromatic carbocycles. The zero-order chi connectivity index (χ0) is 8.48. The third-order valence-corrected chi connectivity index (χ3v) is 2.44. The molecule has 0 heterocycles. The molecule has 1 fully saturated rings. The van der Waals surface area contributed by atoms with E-state index in [0.29, 0.717) is 6.61 Å². The van der Waals surface area contributed by atoms with Gasteiger partial charge in [0, 0.05) is 5.33 Å². The average Bonchev–Trinajstić information content (AvgIpc) is 2.55. The number of rotatable bonds is 3. The highest BCUT2D eigenvalue weighted by Crippen LogP contribution is 2.52. The second-order valence-corrected chi connectivity index (χ2v) is 4.39. The van der Waals surface area contributed by atoms with E-state index >= 15 is 0 Å². The second kappa shape index (κ2) is 3.13. The molecule has 0 amide bonds. The predicted molar refractivity (Wildman–Crippen MR) is 46.6 cm³/mol. The van der Waals surface area contributed by atoms with E-state index in [0.717, 1.165) is 11.8 Å². The van der Waals surface area contributed by atoms with E-state index in [1.165, 1.54) is 0 Å². The molecule has 0 saturated heterocycles. The lowest BCUT2D eigenvalue weighted by Crippen LogP contribution is -2.11. The molecular formula is C8H13BrO2. The summed E-state index contributed by atoms with van der Waals surface area (Å²) in [6.45, 7) is 4.67. The zero-order valence-electron chi connectivity index (χ0n) is 6.89. The maximum absolute atomic E-state index is 11.1. The van der Waals surface area contributed by atoms with Crippen LogP contribution in [0, 0.1) is 11.3 Å². The van der Waals surface area contributed by atoms with Gasteiger partial charge in [0.25, 0.3) is 0 Å². The van der Waals surface area contributed by atoms with Gasteiger partial charge in [-0.25, -0.2) is 0 Å². The van der Waals surface area contributed by atoms with E-state index in [2.05, 4.69) is 29.8 Å². The number of esters is 1. The number of alkyl halides is 1. The van der Waals surface area contributed by atoms with Crippen molar-refractivity contribution in [2.75, 3.05) is 11.9 Å². The third kappa shape index (κ3) is 2.19. The van der Waals surface area contributed by atoms with Gasteiger partial charge in [-0.1, -0.05) is 29.8 Å². The van der Waals surface area contributed by atoms with Crippen molar-refractivity contribution >= 4 is 21.9 Å². The largest absolute Gasteiger partial charge is 0.465 e. The number of hydrogen-bond acceptors (Lipinski definition) is 2. The van der Waals surface area contributed by atoms with Crippen LogP contribution in [0.1, 0.15) is 20.3 Å². The Bertz CT molecular complexity index is 165. The molecule has 11 heavy (non-hydrogen) atoms. The molecule has 1 saturated carbocycles. The molecule has 0 aliphatic heterocycles. The molecule has 1 rings (SSSR count). The van der Waals surface area contributed by atoms with Gasteiger partial charge in [0.1, 0.15) is 6.61 Å². The van der Waals surface area contributed by atoms with Gasteiger partial charge in [0.15, 0.2) is 0 Å². The van der Waals surface area contributed by atoms with Gasteiger partial charge in [-0.3, -0.25) is 4.79 Å². The average molecular weight is 221 g/mol. The van der Waals surface area contributed by atoms with Crippen LogP contribution >= 0.6 is 15.9 Å². The van der Waals surface area contributed by atoms with E-state index < -0.39 is 0 Å². The van der Waals surface area contributed by atoms with Crippen LogP contribution in [0.3, 0.4) is 0 Å². The van der Waals surface area contributed by atoms with Crippen LogP contribution in [-0.4, -0.2) is 17.9 Å². The number of ether oxygens (including phenoxy) is 1. The summed E-state index contributed by atoms with van der Waals surface area (Å²) in [6.07, 6.45) is 0.980. The maximum atomic E-state index is 11.1. The molecular weight excluding hydrogens is 208 g/mol. The SMILES string of the molecule is CC1(C)CC1C(=O)OCCBr. The summed E-state index contributed by atoms with van der Waals surface area (Å²) in [7, 11) is 0.